The molecule has 0 aliphatic carbocycles. The van der Waals surface area contributed by atoms with E-state index in [1.807, 2.05) is 0 Å². The summed E-state index contributed by atoms with van der Waals surface area (Å²) in [6.07, 6.45) is 93.0. The molecule has 0 rings (SSSR count). The first kappa shape index (κ1) is 82.6. The molecule has 84 heavy (non-hydrogen) atoms. The molecule has 0 aromatic rings. The molecule has 3 N–H and O–H groups in total. The summed E-state index contributed by atoms with van der Waals surface area (Å²) in [5.74, 6) is -0.0107. The summed E-state index contributed by atoms with van der Waals surface area (Å²) >= 11 is 0. The van der Waals surface area contributed by atoms with Gasteiger partial charge in [0, 0.05) is 12.8 Å². The smallest absolute Gasteiger partial charge is 0.305 e. The monoisotopic (exact) mass is 1180 g/mol. The van der Waals surface area contributed by atoms with Crippen molar-refractivity contribution in [2.45, 2.75) is 463 Å². The van der Waals surface area contributed by atoms with Crippen LogP contribution in [0.15, 0.2) is 12.2 Å². The van der Waals surface area contributed by atoms with Crippen molar-refractivity contribution in [2.75, 3.05) is 13.2 Å². The topological polar surface area (TPSA) is 95.9 Å². The van der Waals surface area contributed by atoms with Crippen LogP contribution >= 0.6 is 0 Å². The molecule has 6 nitrogen and oxygen atoms in total. The number of esters is 1. The van der Waals surface area contributed by atoms with Gasteiger partial charge in [0.2, 0.25) is 5.91 Å². The first-order valence-electron chi connectivity index (χ1n) is 38.9. The van der Waals surface area contributed by atoms with E-state index in [2.05, 4.69) is 31.3 Å². The second-order valence-corrected chi connectivity index (χ2v) is 27.0. The third kappa shape index (κ3) is 69.7. The van der Waals surface area contributed by atoms with Gasteiger partial charge in [0.1, 0.15) is 0 Å². The molecule has 0 aliphatic heterocycles. The molecule has 0 spiro atoms. The highest BCUT2D eigenvalue weighted by atomic mass is 16.5. The van der Waals surface area contributed by atoms with Crippen LogP contribution in [0.4, 0.5) is 0 Å². The average Bonchev–Trinajstić information content (AvgIpc) is 3.51. The van der Waals surface area contributed by atoms with Crippen LogP contribution in [-0.2, 0) is 14.3 Å². The number of allylic oxidation sites excluding steroid dienone is 2. The Labute approximate surface area is 527 Å². The molecule has 0 aromatic heterocycles. The normalized spacial score (nSPS) is 12.5. The minimum atomic E-state index is -0.661. The minimum Gasteiger partial charge on any atom is -0.466 e. The van der Waals surface area contributed by atoms with Crippen LogP contribution in [0.25, 0.3) is 0 Å². The predicted octanol–water partition coefficient (Wildman–Crippen LogP) is 25.5. The number of amides is 1. The van der Waals surface area contributed by atoms with E-state index in [0.29, 0.717) is 25.9 Å². The van der Waals surface area contributed by atoms with Crippen LogP contribution in [0, 0.1) is 0 Å². The highest BCUT2D eigenvalue weighted by molar-refractivity contribution is 5.76. The summed E-state index contributed by atoms with van der Waals surface area (Å²) in [5, 5.41) is 23.4. The second-order valence-electron chi connectivity index (χ2n) is 27.0. The summed E-state index contributed by atoms with van der Waals surface area (Å²) in [6, 6.07) is -0.538. The van der Waals surface area contributed by atoms with Gasteiger partial charge in [-0.3, -0.25) is 9.59 Å². The third-order valence-corrected chi connectivity index (χ3v) is 18.6. The summed E-state index contributed by atoms with van der Waals surface area (Å²) in [6.45, 7) is 5.00. The number of rotatable bonds is 74. The van der Waals surface area contributed by atoms with Gasteiger partial charge in [-0.05, 0) is 51.4 Å². The summed E-state index contributed by atoms with van der Waals surface area (Å²) in [7, 11) is 0. The van der Waals surface area contributed by atoms with Crippen LogP contribution in [0.2, 0.25) is 0 Å². The summed E-state index contributed by atoms with van der Waals surface area (Å²) in [5.41, 5.74) is 0. The molecule has 0 aromatic carbocycles. The Morgan fingerprint density at radius 1 is 0.321 bits per heavy atom. The first-order chi connectivity index (χ1) is 41.5. The molecule has 2 unspecified atom stereocenters. The number of aliphatic hydroxyl groups excluding tert-OH is 2. The van der Waals surface area contributed by atoms with E-state index in [1.54, 1.807) is 0 Å². The molecule has 0 aliphatic rings. The third-order valence-electron chi connectivity index (χ3n) is 18.6. The molecular formula is C78H153NO5. The molecular weight excluding hydrogens is 1030 g/mol. The Kier molecular flexibility index (Phi) is 72.8. The van der Waals surface area contributed by atoms with Gasteiger partial charge in [0.15, 0.2) is 0 Å². The van der Waals surface area contributed by atoms with Crippen molar-refractivity contribution in [2.24, 2.45) is 0 Å². The Morgan fingerprint density at radius 3 is 0.845 bits per heavy atom. The van der Waals surface area contributed by atoms with E-state index in [-0.39, 0.29) is 18.5 Å². The van der Waals surface area contributed by atoms with Crippen LogP contribution < -0.4 is 5.32 Å². The van der Waals surface area contributed by atoms with Gasteiger partial charge in [-0.1, -0.05) is 398 Å². The van der Waals surface area contributed by atoms with Crippen molar-refractivity contribution >= 4 is 11.9 Å². The molecule has 0 saturated heterocycles. The van der Waals surface area contributed by atoms with Crippen LogP contribution in [-0.4, -0.2) is 47.4 Å². The van der Waals surface area contributed by atoms with E-state index in [9.17, 15) is 19.8 Å². The second kappa shape index (κ2) is 74.1. The lowest BCUT2D eigenvalue weighted by Crippen LogP contribution is -2.45. The standard InChI is InChI=1S/C78H153NO5/c1-3-5-7-9-11-13-15-17-19-20-21-36-39-43-46-50-54-58-62-66-70-76(81)75(74-80)79-77(82)71-67-63-59-55-51-47-44-40-37-34-32-30-28-26-24-22-23-25-27-29-31-33-35-38-41-45-49-53-57-61-65-69-73-84-78(83)72-68-64-60-56-52-48-42-18-16-14-12-10-8-6-4-2/h18,42,75-76,80-81H,3-17,19-41,43-74H2,1-2H3,(H,79,82)/b42-18-. The number of hydrogen-bond acceptors (Lipinski definition) is 5. The zero-order chi connectivity index (χ0) is 60.6. The lowest BCUT2D eigenvalue weighted by molar-refractivity contribution is -0.143. The van der Waals surface area contributed by atoms with Crippen molar-refractivity contribution in [3.05, 3.63) is 12.2 Å². The maximum absolute atomic E-state index is 12.6. The Bertz CT molecular complexity index is 1270. The fourth-order valence-corrected chi connectivity index (χ4v) is 12.6. The number of carbonyl (C=O) groups excluding carboxylic acids is 2. The Morgan fingerprint density at radius 2 is 0.560 bits per heavy atom. The van der Waals surface area contributed by atoms with E-state index in [0.717, 1.165) is 44.9 Å². The van der Waals surface area contributed by atoms with Crippen molar-refractivity contribution in [1.29, 1.82) is 0 Å². The van der Waals surface area contributed by atoms with Gasteiger partial charge in [0.05, 0.1) is 25.4 Å². The number of hydrogen-bond donors (Lipinski definition) is 3. The predicted molar refractivity (Wildman–Crippen MR) is 370 cm³/mol. The number of ether oxygens (including phenoxy) is 1. The van der Waals surface area contributed by atoms with E-state index < -0.39 is 12.1 Å². The summed E-state index contributed by atoms with van der Waals surface area (Å²) in [4.78, 5) is 24.6. The molecule has 500 valence electrons. The fraction of sp³-hybridized carbons (Fsp3) is 0.949. The highest BCUT2D eigenvalue weighted by Gasteiger charge is 2.20. The zero-order valence-corrected chi connectivity index (χ0v) is 57.4. The van der Waals surface area contributed by atoms with Gasteiger partial charge >= 0.3 is 5.97 Å². The van der Waals surface area contributed by atoms with Crippen molar-refractivity contribution in [1.82, 2.24) is 5.32 Å². The van der Waals surface area contributed by atoms with E-state index in [1.165, 1.54) is 372 Å². The number of aliphatic hydroxyl groups is 2. The van der Waals surface area contributed by atoms with Gasteiger partial charge < -0.3 is 20.3 Å². The van der Waals surface area contributed by atoms with Crippen LogP contribution in [0.5, 0.6) is 0 Å². The molecule has 0 saturated carbocycles. The molecule has 2 atom stereocenters. The zero-order valence-electron chi connectivity index (χ0n) is 57.4. The van der Waals surface area contributed by atoms with E-state index >= 15 is 0 Å². The van der Waals surface area contributed by atoms with Gasteiger partial charge in [-0.25, -0.2) is 0 Å². The largest absolute Gasteiger partial charge is 0.466 e. The fourth-order valence-electron chi connectivity index (χ4n) is 12.6. The van der Waals surface area contributed by atoms with Crippen LogP contribution in [0.3, 0.4) is 0 Å². The average molecular weight is 1190 g/mol. The minimum absolute atomic E-state index is 0.0144. The number of nitrogens with one attached hydrogen (secondary N) is 1. The van der Waals surface area contributed by atoms with Gasteiger partial charge in [-0.2, -0.15) is 0 Å². The molecule has 0 radical (unpaired) electrons. The lowest BCUT2D eigenvalue weighted by atomic mass is 10.0. The van der Waals surface area contributed by atoms with E-state index in [4.69, 9.17) is 4.74 Å². The lowest BCUT2D eigenvalue weighted by Gasteiger charge is -2.22. The molecule has 0 fully saturated rings. The molecule has 0 heterocycles. The maximum Gasteiger partial charge on any atom is 0.305 e. The maximum atomic E-state index is 12.6. The highest BCUT2D eigenvalue weighted by Crippen LogP contribution is 2.20. The van der Waals surface area contributed by atoms with Crippen molar-refractivity contribution in [3.63, 3.8) is 0 Å². The van der Waals surface area contributed by atoms with Crippen LogP contribution in [0.1, 0.15) is 450 Å². The first-order valence-corrected chi connectivity index (χ1v) is 38.9. The molecule has 1 amide bonds. The quantitative estimate of drug-likeness (QED) is 0.0320. The number of carbonyl (C=O) groups is 2. The Hall–Kier alpha value is -1.40. The van der Waals surface area contributed by atoms with Crippen molar-refractivity contribution < 1.29 is 24.5 Å². The van der Waals surface area contributed by atoms with Gasteiger partial charge in [0.25, 0.3) is 0 Å². The SMILES string of the molecule is CCCCCCCC/C=C\CCCCCCCC(=O)OCCCCCCCCCCCCCCCCCCCCCCCCCCCCCCCCCCC(=O)NC(CO)C(O)CCCCCCCCCCCCCCCCCCCCCC. The van der Waals surface area contributed by atoms with Crippen molar-refractivity contribution in [3.8, 4) is 0 Å². The Balaban J connectivity index is 3.32. The van der Waals surface area contributed by atoms with Gasteiger partial charge in [-0.15, -0.1) is 0 Å². The number of unbranched alkanes of at least 4 members (excludes halogenated alkanes) is 61. The summed E-state index contributed by atoms with van der Waals surface area (Å²) < 4.78 is 5.50. The molecule has 6 heteroatoms. The molecule has 0 bridgehead atoms.